The van der Waals surface area contributed by atoms with E-state index in [1.165, 1.54) is 17.7 Å². The molecule has 0 aliphatic carbocycles. The van der Waals surface area contributed by atoms with Crippen molar-refractivity contribution in [3.05, 3.63) is 6.33 Å². The zero-order valence-corrected chi connectivity index (χ0v) is 15.9. The third kappa shape index (κ3) is 3.09. The lowest BCUT2D eigenvalue weighted by Gasteiger charge is -2.38. The lowest BCUT2D eigenvalue weighted by molar-refractivity contribution is -0.120. The Hall–Kier alpha value is -2.34. The van der Waals surface area contributed by atoms with Crippen LogP contribution in [0.15, 0.2) is 10.7 Å². The number of fused-ring (bicyclic) bond motifs is 1. The highest BCUT2D eigenvalue weighted by Crippen LogP contribution is 2.29. The molecule has 0 radical (unpaired) electrons. The maximum absolute atomic E-state index is 12.4. The van der Waals surface area contributed by atoms with Crippen molar-refractivity contribution in [2.45, 2.75) is 24.7 Å². The molecule has 1 aliphatic rings. The lowest BCUT2D eigenvalue weighted by Crippen LogP contribution is -2.52. The highest BCUT2D eigenvalue weighted by atomic mass is 32.2. The van der Waals surface area contributed by atoms with Crippen LogP contribution in [-0.4, -0.2) is 59.9 Å². The van der Waals surface area contributed by atoms with Gasteiger partial charge in [-0.15, -0.1) is 15.3 Å². The molecular weight excluding hydrogens is 374 g/mol. The van der Waals surface area contributed by atoms with Crippen molar-refractivity contribution in [1.82, 2.24) is 35.2 Å². The second kappa shape index (κ2) is 7.11. The molecule has 0 atom stereocenters. The van der Waals surface area contributed by atoms with Crippen LogP contribution in [0.25, 0.3) is 11.2 Å². The minimum Gasteiger partial charge on any atom is -0.353 e. The summed E-state index contributed by atoms with van der Waals surface area (Å²) in [7, 11) is 0. The van der Waals surface area contributed by atoms with Gasteiger partial charge < -0.3 is 10.2 Å². The normalized spacial score (nSPS) is 14.6. The van der Waals surface area contributed by atoms with Gasteiger partial charge in [-0.3, -0.25) is 4.79 Å². The Kier molecular flexibility index (Phi) is 4.68. The molecular formula is C14H17N9OS2. The van der Waals surface area contributed by atoms with Gasteiger partial charge in [-0.25, -0.2) is 14.6 Å². The summed E-state index contributed by atoms with van der Waals surface area (Å²) in [6.07, 6.45) is 1.51. The fourth-order valence-electron chi connectivity index (χ4n) is 2.69. The molecule has 0 unspecified atom stereocenters. The number of nitrogens with one attached hydrogen (secondary N) is 1. The van der Waals surface area contributed by atoms with Crippen molar-refractivity contribution in [2.24, 2.45) is 5.92 Å². The Morgan fingerprint density at radius 2 is 2.15 bits per heavy atom. The second-order valence-corrected chi connectivity index (χ2v) is 8.16. The predicted octanol–water partition coefficient (Wildman–Crippen LogP) is 1.28. The molecule has 1 N–H and O–H groups in total. The zero-order valence-electron chi connectivity index (χ0n) is 14.3. The van der Waals surface area contributed by atoms with Gasteiger partial charge in [0.1, 0.15) is 6.33 Å². The van der Waals surface area contributed by atoms with E-state index < -0.39 is 0 Å². The van der Waals surface area contributed by atoms with Gasteiger partial charge in [0.15, 0.2) is 21.3 Å². The van der Waals surface area contributed by atoms with Gasteiger partial charge in [-0.2, -0.15) is 0 Å². The summed E-state index contributed by atoms with van der Waals surface area (Å²) >= 11 is 3.01. The van der Waals surface area contributed by atoms with E-state index in [0.29, 0.717) is 35.9 Å². The Morgan fingerprint density at radius 3 is 2.92 bits per heavy atom. The maximum atomic E-state index is 12.4. The molecule has 1 fully saturated rings. The first kappa shape index (κ1) is 17.1. The van der Waals surface area contributed by atoms with Crippen molar-refractivity contribution >= 4 is 51.1 Å². The first-order valence-electron chi connectivity index (χ1n) is 8.25. The van der Waals surface area contributed by atoms with E-state index in [1.807, 2.05) is 11.8 Å². The summed E-state index contributed by atoms with van der Waals surface area (Å²) in [5, 5.41) is 19.7. The van der Waals surface area contributed by atoms with Gasteiger partial charge in [0.05, 0.1) is 5.92 Å². The van der Waals surface area contributed by atoms with Crippen LogP contribution in [0, 0.1) is 5.92 Å². The van der Waals surface area contributed by atoms with Gasteiger partial charge in [0.2, 0.25) is 11.0 Å². The van der Waals surface area contributed by atoms with E-state index in [1.54, 1.807) is 16.4 Å². The zero-order chi connectivity index (χ0) is 18.1. The number of aromatic nitrogens is 7. The van der Waals surface area contributed by atoms with E-state index >= 15 is 0 Å². The van der Waals surface area contributed by atoms with Crippen LogP contribution >= 0.6 is 23.1 Å². The van der Waals surface area contributed by atoms with Crippen molar-refractivity contribution in [1.29, 1.82) is 0 Å². The number of carbonyl (C=O) groups is 1. The highest BCUT2D eigenvalue weighted by molar-refractivity contribution is 8.01. The van der Waals surface area contributed by atoms with E-state index in [2.05, 4.69) is 42.7 Å². The number of rotatable bonds is 6. The maximum Gasteiger partial charge on any atom is 0.232 e. The van der Waals surface area contributed by atoms with Crippen LogP contribution in [-0.2, 0) is 11.3 Å². The molecule has 0 bridgehead atoms. The number of thioether (sulfide) groups is 1. The topological polar surface area (TPSA) is 115 Å². The lowest BCUT2D eigenvalue weighted by atomic mass is 9.99. The smallest absolute Gasteiger partial charge is 0.232 e. The van der Waals surface area contributed by atoms with E-state index in [-0.39, 0.29) is 11.8 Å². The molecule has 4 heterocycles. The molecule has 1 aliphatic heterocycles. The first-order chi connectivity index (χ1) is 12.7. The molecule has 0 spiro atoms. The van der Waals surface area contributed by atoms with Gasteiger partial charge >= 0.3 is 0 Å². The van der Waals surface area contributed by atoms with Crippen molar-refractivity contribution < 1.29 is 4.79 Å². The van der Waals surface area contributed by atoms with Crippen molar-refractivity contribution in [3.8, 4) is 0 Å². The van der Waals surface area contributed by atoms with Crippen LogP contribution < -0.4 is 10.2 Å². The number of nitrogens with zero attached hydrogens (tertiary/aromatic N) is 8. The fourth-order valence-corrected chi connectivity index (χ4v) is 4.34. The summed E-state index contributed by atoms with van der Waals surface area (Å²) in [5.41, 5.74) is 1.37. The number of carbonyl (C=O) groups excluding carboxylic acids is 1. The summed E-state index contributed by atoms with van der Waals surface area (Å²) in [6, 6.07) is 0. The number of hydrogen-bond donors (Lipinski definition) is 1. The molecule has 1 amide bonds. The molecule has 136 valence electrons. The van der Waals surface area contributed by atoms with E-state index in [0.717, 1.165) is 15.9 Å². The van der Waals surface area contributed by atoms with E-state index in [9.17, 15) is 4.79 Å². The third-order valence-electron chi connectivity index (χ3n) is 4.04. The summed E-state index contributed by atoms with van der Waals surface area (Å²) in [6.45, 7) is 5.88. The molecule has 10 nitrogen and oxygen atoms in total. The minimum atomic E-state index is -0.118. The Balaban J connectivity index is 1.40. The number of aryl methyl sites for hydroxylation is 1. The summed E-state index contributed by atoms with van der Waals surface area (Å²) in [5.74, 6) is 1.48. The Morgan fingerprint density at radius 1 is 1.31 bits per heavy atom. The van der Waals surface area contributed by atoms with Crippen LogP contribution in [0.5, 0.6) is 0 Å². The van der Waals surface area contributed by atoms with Crippen LogP contribution in [0.4, 0.5) is 10.9 Å². The molecule has 12 heteroatoms. The molecule has 3 aromatic rings. The van der Waals surface area contributed by atoms with Crippen LogP contribution in [0.3, 0.4) is 0 Å². The molecule has 26 heavy (non-hydrogen) atoms. The molecule has 3 aromatic heterocycles. The van der Waals surface area contributed by atoms with Crippen LogP contribution in [0.2, 0.25) is 0 Å². The predicted molar refractivity (Wildman–Crippen MR) is 99.4 cm³/mol. The molecule has 0 saturated carbocycles. The standard InChI is InChI=1S/C14H17N9OS2/c1-3-23-11-9(18-21-23)10(15-7-16-11)22-5-8(6-22)12(24)17-13-19-20-14(26-13)25-4-2/h7-8H,3-6H2,1-2H3,(H,17,19,24). The van der Waals surface area contributed by atoms with Gasteiger partial charge in [0.25, 0.3) is 0 Å². The van der Waals surface area contributed by atoms with Crippen molar-refractivity contribution in [2.75, 3.05) is 29.1 Å². The minimum absolute atomic E-state index is 0.0482. The summed E-state index contributed by atoms with van der Waals surface area (Å²) < 4.78 is 2.59. The molecule has 1 saturated heterocycles. The van der Waals surface area contributed by atoms with E-state index in [4.69, 9.17) is 0 Å². The van der Waals surface area contributed by atoms with Gasteiger partial charge in [-0.1, -0.05) is 35.2 Å². The summed E-state index contributed by atoms with van der Waals surface area (Å²) in [4.78, 5) is 23.0. The average Bonchev–Trinajstić information content (AvgIpc) is 3.21. The number of amides is 1. The van der Waals surface area contributed by atoms with Crippen molar-refractivity contribution in [3.63, 3.8) is 0 Å². The molecule has 0 aromatic carbocycles. The first-order valence-corrected chi connectivity index (χ1v) is 10.1. The average molecular weight is 391 g/mol. The second-order valence-electron chi connectivity index (χ2n) is 5.67. The van der Waals surface area contributed by atoms with Crippen LogP contribution in [0.1, 0.15) is 13.8 Å². The number of hydrogen-bond acceptors (Lipinski definition) is 10. The van der Waals surface area contributed by atoms with Gasteiger partial charge in [-0.05, 0) is 12.7 Å². The fraction of sp³-hybridized carbons (Fsp3) is 0.500. The highest BCUT2D eigenvalue weighted by Gasteiger charge is 2.35. The Bertz CT molecular complexity index is 934. The quantitative estimate of drug-likeness (QED) is 0.490. The molecule has 4 rings (SSSR count). The largest absolute Gasteiger partial charge is 0.353 e. The SMILES string of the molecule is CCSc1nnc(NC(=O)C2CN(c3ncnc4c3nnn4CC)C2)s1. The van der Waals surface area contributed by atoms with Gasteiger partial charge in [0, 0.05) is 19.6 Å². The number of anilines is 2. The monoisotopic (exact) mass is 391 g/mol. The third-order valence-corrected chi connectivity index (χ3v) is 5.89. The Labute approximate surface area is 157 Å².